The highest BCUT2D eigenvalue weighted by Gasteiger charge is 2.19. The van der Waals surface area contributed by atoms with E-state index in [-0.39, 0.29) is 23.3 Å². The predicted octanol–water partition coefficient (Wildman–Crippen LogP) is 6.35. The Bertz CT molecular complexity index is 1580. The first-order valence-electron chi connectivity index (χ1n) is 11.8. The highest BCUT2D eigenvalue weighted by atomic mass is 35.5. The highest BCUT2D eigenvalue weighted by Crippen LogP contribution is 2.26. The summed E-state index contributed by atoms with van der Waals surface area (Å²) in [7, 11) is 0. The summed E-state index contributed by atoms with van der Waals surface area (Å²) >= 11 is 7.60. The van der Waals surface area contributed by atoms with Gasteiger partial charge < -0.3 is 5.32 Å². The molecule has 1 N–H and O–H groups in total. The third-order valence-corrected chi connectivity index (χ3v) is 7.41. The van der Waals surface area contributed by atoms with Crippen molar-refractivity contribution in [2.75, 3.05) is 5.75 Å². The molecule has 0 fully saturated rings. The largest absolute Gasteiger partial charge is 0.344 e. The maximum absolute atomic E-state index is 13.5. The fourth-order valence-electron chi connectivity index (χ4n) is 4.14. The van der Waals surface area contributed by atoms with Gasteiger partial charge in [-0.15, -0.1) is 0 Å². The van der Waals surface area contributed by atoms with E-state index in [1.807, 2.05) is 91.9 Å². The first-order chi connectivity index (χ1) is 18.0. The summed E-state index contributed by atoms with van der Waals surface area (Å²) in [5.41, 5.74) is 3.86. The molecule has 37 heavy (non-hydrogen) atoms. The van der Waals surface area contributed by atoms with Gasteiger partial charge in [0.15, 0.2) is 5.16 Å². The minimum absolute atomic E-state index is 0.0839. The van der Waals surface area contributed by atoms with Crippen LogP contribution in [0.3, 0.4) is 0 Å². The monoisotopic (exact) mass is 525 g/mol. The molecule has 0 aliphatic carbocycles. The third-order valence-electron chi connectivity index (χ3n) is 6.06. The van der Waals surface area contributed by atoms with Crippen LogP contribution in [0.4, 0.5) is 0 Å². The zero-order chi connectivity index (χ0) is 25.8. The van der Waals surface area contributed by atoms with Crippen LogP contribution in [-0.4, -0.2) is 21.2 Å². The van der Waals surface area contributed by atoms with Crippen LogP contribution in [0.2, 0.25) is 5.02 Å². The van der Waals surface area contributed by atoms with Gasteiger partial charge in [0.25, 0.3) is 5.56 Å². The molecule has 1 amide bonds. The van der Waals surface area contributed by atoms with E-state index in [9.17, 15) is 9.59 Å². The minimum atomic E-state index is -0.293. The molecule has 5 rings (SSSR count). The number of para-hydroxylation sites is 1. The van der Waals surface area contributed by atoms with Gasteiger partial charge in [-0.05, 0) is 47.9 Å². The van der Waals surface area contributed by atoms with Crippen molar-refractivity contribution >= 4 is 40.2 Å². The Morgan fingerprint density at radius 1 is 0.919 bits per heavy atom. The number of hydrogen-bond acceptors (Lipinski definition) is 4. The Labute approximate surface area is 224 Å². The summed E-state index contributed by atoms with van der Waals surface area (Å²) < 4.78 is 1.53. The molecule has 7 heteroatoms. The van der Waals surface area contributed by atoms with Crippen LogP contribution >= 0.6 is 23.4 Å². The van der Waals surface area contributed by atoms with Gasteiger partial charge in [0, 0.05) is 5.02 Å². The van der Waals surface area contributed by atoms with Crippen LogP contribution in [-0.2, 0) is 4.79 Å². The summed E-state index contributed by atoms with van der Waals surface area (Å²) in [6.07, 6.45) is 0. The van der Waals surface area contributed by atoms with E-state index in [4.69, 9.17) is 16.6 Å². The fourth-order valence-corrected chi connectivity index (χ4v) is 5.14. The number of aromatic nitrogens is 2. The SMILES string of the molecule is Cc1ccc(-n2c(SCC(=O)NC(c3ccccc3)c3ccccc3)nc3ccccc3c2=O)cc1Cl. The molecule has 0 spiro atoms. The first-order valence-corrected chi connectivity index (χ1v) is 13.2. The van der Waals surface area contributed by atoms with Crippen molar-refractivity contribution in [2.24, 2.45) is 0 Å². The molecule has 1 aromatic heterocycles. The van der Waals surface area contributed by atoms with E-state index in [1.54, 1.807) is 18.2 Å². The maximum Gasteiger partial charge on any atom is 0.266 e. The van der Waals surface area contributed by atoms with Gasteiger partial charge in [0.05, 0.1) is 28.4 Å². The summed E-state index contributed by atoms with van der Waals surface area (Å²) in [6.45, 7) is 1.91. The van der Waals surface area contributed by atoms with E-state index >= 15 is 0 Å². The number of thioether (sulfide) groups is 1. The fraction of sp³-hybridized carbons (Fsp3) is 0.100. The van der Waals surface area contributed by atoms with Gasteiger partial charge in [-0.2, -0.15) is 0 Å². The lowest BCUT2D eigenvalue weighted by Crippen LogP contribution is -2.31. The highest BCUT2D eigenvalue weighted by molar-refractivity contribution is 7.99. The first kappa shape index (κ1) is 24.8. The van der Waals surface area contributed by atoms with Crippen molar-refractivity contribution in [3.05, 3.63) is 135 Å². The van der Waals surface area contributed by atoms with Crippen molar-refractivity contribution in [3.8, 4) is 5.69 Å². The summed E-state index contributed by atoms with van der Waals surface area (Å²) in [5.74, 6) is -0.0841. The van der Waals surface area contributed by atoms with E-state index in [0.29, 0.717) is 26.8 Å². The van der Waals surface area contributed by atoms with E-state index in [0.717, 1.165) is 16.7 Å². The molecule has 184 valence electrons. The molecule has 5 aromatic rings. The van der Waals surface area contributed by atoms with E-state index in [2.05, 4.69) is 5.32 Å². The van der Waals surface area contributed by atoms with Crippen LogP contribution in [0, 0.1) is 6.92 Å². The third kappa shape index (κ3) is 5.45. The average Bonchev–Trinajstić information content (AvgIpc) is 2.93. The van der Waals surface area contributed by atoms with Crippen LogP contribution < -0.4 is 10.9 Å². The van der Waals surface area contributed by atoms with Gasteiger partial charge in [-0.25, -0.2) is 4.98 Å². The second-order valence-electron chi connectivity index (χ2n) is 8.60. The zero-order valence-electron chi connectivity index (χ0n) is 20.1. The quantitative estimate of drug-likeness (QED) is 0.199. The molecule has 0 saturated heterocycles. The lowest BCUT2D eigenvalue weighted by Gasteiger charge is -2.20. The molecule has 4 aromatic carbocycles. The molecule has 0 aliphatic rings. The molecule has 0 aliphatic heterocycles. The Hall–Kier alpha value is -3.87. The number of benzene rings is 4. The Morgan fingerprint density at radius 3 is 2.19 bits per heavy atom. The average molecular weight is 526 g/mol. The summed E-state index contributed by atoms with van der Waals surface area (Å²) in [4.78, 5) is 31.4. The molecule has 0 atom stereocenters. The van der Waals surface area contributed by atoms with Gasteiger partial charge in [-0.3, -0.25) is 14.2 Å². The number of hydrogen-bond donors (Lipinski definition) is 1. The van der Waals surface area contributed by atoms with Crippen molar-refractivity contribution in [1.82, 2.24) is 14.9 Å². The molecule has 5 nitrogen and oxygen atoms in total. The van der Waals surface area contributed by atoms with E-state index in [1.165, 1.54) is 16.3 Å². The van der Waals surface area contributed by atoms with Gasteiger partial charge in [0.1, 0.15) is 0 Å². The zero-order valence-corrected chi connectivity index (χ0v) is 21.7. The Balaban J connectivity index is 1.46. The Morgan fingerprint density at radius 2 is 1.54 bits per heavy atom. The molecule has 0 radical (unpaired) electrons. The molecular weight excluding hydrogens is 502 g/mol. The Kier molecular flexibility index (Phi) is 7.40. The number of carbonyl (C=O) groups excluding carboxylic acids is 1. The standard InChI is InChI=1S/C30H24ClN3O2S/c1-20-16-17-23(18-25(20)31)34-29(36)24-14-8-9-15-26(24)32-30(34)37-19-27(35)33-28(21-10-4-2-5-11-21)22-12-6-3-7-13-22/h2-18,28H,19H2,1H3,(H,33,35). The van der Waals surface area contributed by atoms with Crippen LogP contribution in [0.5, 0.6) is 0 Å². The normalized spacial score (nSPS) is 11.1. The van der Waals surface area contributed by atoms with Gasteiger partial charge in [0.2, 0.25) is 5.91 Å². The number of halogens is 1. The lowest BCUT2D eigenvalue weighted by molar-refractivity contribution is -0.119. The van der Waals surface area contributed by atoms with Gasteiger partial charge in [-0.1, -0.05) is 102 Å². The molecule has 0 saturated carbocycles. The van der Waals surface area contributed by atoms with Crippen LogP contribution in [0.1, 0.15) is 22.7 Å². The van der Waals surface area contributed by atoms with Crippen molar-refractivity contribution in [3.63, 3.8) is 0 Å². The number of rotatable bonds is 7. The number of amides is 1. The van der Waals surface area contributed by atoms with Crippen molar-refractivity contribution in [1.29, 1.82) is 0 Å². The second kappa shape index (κ2) is 11.0. The lowest BCUT2D eigenvalue weighted by atomic mass is 9.99. The second-order valence-corrected chi connectivity index (χ2v) is 9.95. The van der Waals surface area contributed by atoms with Crippen molar-refractivity contribution < 1.29 is 4.79 Å². The number of carbonyl (C=O) groups is 1. The number of nitrogens with one attached hydrogen (secondary N) is 1. The molecule has 0 unspecified atom stereocenters. The molecular formula is C30H24ClN3O2S. The van der Waals surface area contributed by atoms with Crippen molar-refractivity contribution in [2.45, 2.75) is 18.1 Å². The number of nitrogens with zero attached hydrogens (tertiary/aromatic N) is 2. The number of aryl methyl sites for hydroxylation is 1. The minimum Gasteiger partial charge on any atom is -0.344 e. The predicted molar refractivity (Wildman–Crippen MR) is 151 cm³/mol. The molecule has 0 bridgehead atoms. The topological polar surface area (TPSA) is 64.0 Å². The smallest absolute Gasteiger partial charge is 0.266 e. The summed E-state index contributed by atoms with van der Waals surface area (Å²) in [6, 6.07) is 32.1. The van der Waals surface area contributed by atoms with E-state index < -0.39 is 0 Å². The molecule has 1 heterocycles. The number of fused-ring (bicyclic) bond motifs is 1. The van der Waals surface area contributed by atoms with Crippen LogP contribution in [0.25, 0.3) is 16.6 Å². The van der Waals surface area contributed by atoms with Crippen LogP contribution in [0.15, 0.2) is 113 Å². The maximum atomic E-state index is 13.5. The summed E-state index contributed by atoms with van der Waals surface area (Å²) in [5, 5.41) is 4.63. The van der Waals surface area contributed by atoms with Gasteiger partial charge >= 0.3 is 0 Å².